The lowest BCUT2D eigenvalue weighted by atomic mass is 10.1. The van der Waals surface area contributed by atoms with Crippen LogP contribution in [0.25, 0.3) is 0 Å². The number of allylic oxidation sites excluding steroid dienone is 1. The van der Waals surface area contributed by atoms with E-state index in [1.165, 1.54) is 13.1 Å². The van der Waals surface area contributed by atoms with Gasteiger partial charge in [-0.2, -0.15) is 13.2 Å². The molecule has 1 aromatic heterocycles. The lowest BCUT2D eigenvalue weighted by molar-refractivity contribution is -0.464. The van der Waals surface area contributed by atoms with Crippen LogP contribution < -0.4 is 26.0 Å². The first-order valence-electron chi connectivity index (χ1n) is 11.1. The molecular weight excluding hydrogens is 491 g/mol. The van der Waals surface area contributed by atoms with Crippen LogP contribution >= 0.6 is 0 Å². The largest absolute Gasteiger partial charge is 0.486 e. The highest BCUT2D eigenvalue weighted by molar-refractivity contribution is 5.99. The van der Waals surface area contributed by atoms with Crippen LogP contribution in [0.3, 0.4) is 0 Å². The van der Waals surface area contributed by atoms with Gasteiger partial charge in [-0.1, -0.05) is 12.7 Å². The fourth-order valence-electron chi connectivity index (χ4n) is 3.34. The number of amides is 4. The molecule has 0 spiro atoms. The maximum atomic E-state index is 13.4. The molecule has 5 N–H and O–H groups in total. The third-order valence-electron chi connectivity index (χ3n) is 5.11. The first-order valence-corrected chi connectivity index (χ1v) is 11.1. The average molecular weight is 517 g/mol. The first kappa shape index (κ1) is 27.1. The number of halogens is 3. The number of nitrogens with one attached hydrogen (secondary N) is 3. The van der Waals surface area contributed by atoms with Gasteiger partial charge in [0.25, 0.3) is 0 Å². The Bertz CT molecular complexity index is 1260. The minimum Gasteiger partial charge on any atom is -0.486 e. The number of nitrogens with two attached hydrogens (primary N) is 1. The van der Waals surface area contributed by atoms with Crippen molar-refractivity contribution in [2.45, 2.75) is 25.1 Å². The molecule has 3 rings (SSSR count). The van der Waals surface area contributed by atoms with Crippen LogP contribution in [-0.2, 0) is 22.2 Å². The van der Waals surface area contributed by atoms with Crippen LogP contribution in [0.4, 0.5) is 29.3 Å². The second-order valence-corrected chi connectivity index (χ2v) is 7.87. The number of hydrogen-bond donors (Lipinski definition) is 4. The van der Waals surface area contributed by atoms with Crippen molar-refractivity contribution in [3.63, 3.8) is 0 Å². The minimum absolute atomic E-state index is 0.00766. The Labute approximate surface area is 210 Å². The minimum atomic E-state index is -4.74. The number of hydrogen-bond acceptors (Lipinski definition) is 5. The number of alkyl halides is 3. The maximum absolute atomic E-state index is 13.4. The van der Waals surface area contributed by atoms with E-state index in [1.54, 1.807) is 36.6 Å². The Balaban J connectivity index is 1.57. The van der Waals surface area contributed by atoms with Crippen molar-refractivity contribution in [3.05, 3.63) is 84.4 Å². The number of carbonyl (C=O) groups is 3. The summed E-state index contributed by atoms with van der Waals surface area (Å²) in [6.45, 7) is 3.22. The van der Waals surface area contributed by atoms with Crippen molar-refractivity contribution in [2.24, 2.45) is 0 Å². The van der Waals surface area contributed by atoms with Crippen molar-refractivity contribution < 1.29 is 37.6 Å². The number of urea groups is 1. The molecule has 0 fully saturated rings. The summed E-state index contributed by atoms with van der Waals surface area (Å²) in [5.41, 5.74) is -0.500. The lowest BCUT2D eigenvalue weighted by Gasteiger charge is -2.18. The van der Waals surface area contributed by atoms with Crippen molar-refractivity contribution in [3.8, 4) is 5.75 Å². The SMILES string of the molecule is C=CC(=O)Nc1ccc([NH2+]C(=O)NC2=CC[C@H](Oc3ccnc(CC(=O)NC)c3)C=C2)cc1C(F)(F)F. The first-order chi connectivity index (χ1) is 17.6. The summed E-state index contributed by atoms with van der Waals surface area (Å²) >= 11 is 0. The fraction of sp³-hybridized carbons (Fsp3) is 0.200. The standard InChI is InChI=1S/C25H24F3N5O4/c1-3-22(34)33-21-9-6-16(13-20(21)25(26,27)28)32-24(36)31-15-4-7-18(8-5-15)37-19-10-11-30-17(12-19)14-23(35)29-2/h3-7,9-13,18H,1,8,14H2,2H3,(H,29,35)(H,33,34)(H2,31,32,36)/p+1/t18-/m1/s1. The van der Waals surface area contributed by atoms with E-state index >= 15 is 0 Å². The zero-order chi connectivity index (χ0) is 27.0. The zero-order valence-electron chi connectivity index (χ0n) is 19.8. The van der Waals surface area contributed by atoms with Crippen LogP contribution in [0, 0.1) is 0 Å². The maximum Gasteiger partial charge on any atom is 0.422 e. The Kier molecular flexibility index (Phi) is 8.80. The van der Waals surface area contributed by atoms with E-state index in [0.29, 0.717) is 23.6 Å². The highest BCUT2D eigenvalue weighted by Gasteiger charge is 2.35. The molecule has 9 nitrogen and oxygen atoms in total. The second kappa shape index (κ2) is 12.0. The number of likely N-dealkylation sites (N-methyl/N-ethyl adjacent to an activating group) is 1. The molecule has 0 saturated carbocycles. The van der Waals surface area contributed by atoms with Gasteiger partial charge in [0.2, 0.25) is 11.8 Å². The van der Waals surface area contributed by atoms with Crippen LogP contribution in [-0.4, -0.2) is 36.0 Å². The highest BCUT2D eigenvalue weighted by atomic mass is 19.4. The third kappa shape index (κ3) is 8.04. The quantitative estimate of drug-likeness (QED) is 0.317. The molecule has 1 heterocycles. The van der Waals surface area contributed by atoms with Gasteiger partial charge in [0.15, 0.2) is 0 Å². The van der Waals surface area contributed by atoms with Crippen LogP contribution in [0.15, 0.2) is 73.1 Å². The summed E-state index contributed by atoms with van der Waals surface area (Å²) in [5.74, 6) is -0.426. The smallest absolute Gasteiger partial charge is 0.422 e. The van der Waals surface area contributed by atoms with E-state index in [9.17, 15) is 27.6 Å². The van der Waals surface area contributed by atoms with Gasteiger partial charge < -0.3 is 15.4 Å². The predicted octanol–water partition coefficient (Wildman–Crippen LogP) is 2.71. The summed E-state index contributed by atoms with van der Waals surface area (Å²) in [4.78, 5) is 39.5. The summed E-state index contributed by atoms with van der Waals surface area (Å²) in [6, 6.07) is 5.85. The van der Waals surface area contributed by atoms with Crippen LogP contribution in [0.2, 0.25) is 0 Å². The van der Waals surface area contributed by atoms with Gasteiger partial charge in [0.1, 0.15) is 17.5 Å². The number of quaternary nitrogens is 1. The second-order valence-electron chi connectivity index (χ2n) is 7.87. The fourth-order valence-corrected chi connectivity index (χ4v) is 3.34. The molecule has 0 radical (unpaired) electrons. The summed E-state index contributed by atoms with van der Waals surface area (Å²) in [5, 5.41) is 8.26. The Morgan fingerprint density at radius 2 is 2.00 bits per heavy atom. The van der Waals surface area contributed by atoms with Crippen LogP contribution in [0.5, 0.6) is 5.75 Å². The summed E-state index contributed by atoms with van der Waals surface area (Å²) in [7, 11) is 1.54. The van der Waals surface area contributed by atoms with E-state index in [0.717, 1.165) is 23.5 Å². The van der Waals surface area contributed by atoms with Gasteiger partial charge in [0, 0.05) is 43.6 Å². The molecule has 0 unspecified atom stereocenters. The molecule has 1 aliphatic rings. The van der Waals surface area contributed by atoms with Crippen molar-refractivity contribution in [1.29, 1.82) is 0 Å². The van der Waals surface area contributed by atoms with Crippen molar-refractivity contribution in [1.82, 2.24) is 15.6 Å². The molecule has 1 aromatic carbocycles. The molecule has 0 bridgehead atoms. The molecule has 0 aliphatic heterocycles. The van der Waals surface area contributed by atoms with Gasteiger partial charge in [-0.05, 0) is 30.4 Å². The molecular formula is C25H25F3N5O4+. The number of nitrogens with zero attached hydrogens (tertiary/aromatic N) is 1. The Hall–Kier alpha value is -4.45. The van der Waals surface area contributed by atoms with Gasteiger partial charge in [-0.25, -0.2) is 10.1 Å². The summed E-state index contributed by atoms with van der Waals surface area (Å²) in [6.07, 6.45) is 2.95. The van der Waals surface area contributed by atoms with Gasteiger partial charge in [-0.15, -0.1) is 0 Å². The average Bonchev–Trinajstić information content (AvgIpc) is 2.85. The number of anilines is 1. The van der Waals surface area contributed by atoms with E-state index in [2.05, 4.69) is 27.5 Å². The zero-order valence-corrected chi connectivity index (χ0v) is 19.8. The molecule has 1 aliphatic carbocycles. The van der Waals surface area contributed by atoms with Crippen molar-refractivity contribution in [2.75, 3.05) is 12.4 Å². The highest BCUT2D eigenvalue weighted by Crippen LogP contribution is 2.36. The van der Waals surface area contributed by atoms with Crippen LogP contribution in [0.1, 0.15) is 17.7 Å². The Morgan fingerprint density at radius 3 is 2.65 bits per heavy atom. The molecule has 12 heteroatoms. The molecule has 2 aromatic rings. The normalized spacial score (nSPS) is 14.8. The van der Waals surface area contributed by atoms with E-state index in [-0.39, 0.29) is 24.1 Å². The van der Waals surface area contributed by atoms with E-state index in [4.69, 9.17) is 4.74 Å². The monoisotopic (exact) mass is 516 g/mol. The summed E-state index contributed by atoms with van der Waals surface area (Å²) < 4.78 is 46.2. The molecule has 4 amide bonds. The topological polar surface area (TPSA) is 126 Å². The molecule has 1 atom stereocenters. The van der Waals surface area contributed by atoms with E-state index < -0.39 is 29.4 Å². The number of pyridine rings is 1. The number of carbonyl (C=O) groups excluding carboxylic acids is 3. The lowest BCUT2D eigenvalue weighted by Crippen LogP contribution is -2.85. The predicted molar refractivity (Wildman–Crippen MR) is 129 cm³/mol. The van der Waals surface area contributed by atoms with Gasteiger partial charge >= 0.3 is 12.2 Å². The number of aromatic nitrogens is 1. The van der Waals surface area contributed by atoms with E-state index in [1.807, 2.05) is 0 Å². The number of rotatable bonds is 8. The molecule has 194 valence electrons. The van der Waals surface area contributed by atoms with Crippen molar-refractivity contribution >= 4 is 29.2 Å². The number of primary amides is 1. The number of benzene rings is 1. The third-order valence-corrected chi connectivity index (χ3v) is 5.11. The number of ether oxygens (including phenoxy) is 1. The van der Waals surface area contributed by atoms with Gasteiger partial charge in [-0.3, -0.25) is 19.9 Å². The molecule has 37 heavy (non-hydrogen) atoms. The Morgan fingerprint density at radius 1 is 1.22 bits per heavy atom. The molecule has 0 saturated heterocycles. The van der Waals surface area contributed by atoms with Gasteiger partial charge in [0.05, 0.1) is 23.4 Å².